The predicted octanol–water partition coefficient (Wildman–Crippen LogP) is 9.67. The monoisotopic (exact) mass is 470 g/mol. The van der Waals surface area contributed by atoms with Gasteiger partial charge in [-0.25, -0.2) is 4.39 Å². The average molecular weight is 471 g/mol. The minimum absolute atomic E-state index is 0.202. The molecule has 3 rings (SSSR count). The van der Waals surface area contributed by atoms with Crippen LogP contribution in [-0.2, 0) is 11.2 Å². The largest absolute Gasteiger partial charge is 0.379 e. The zero-order valence-corrected chi connectivity index (χ0v) is 21.3. The standard InChI is InChI=1S/C33H39FO/c1-4-6-10-24-35-26(3)12-8-7-9-13-28-14-18-29(19-15-28)31-22-23-32(33(34)25-31)30-20-16-27(11-5-2)17-21-30/h5,9,13-23,25-26H,2,4,6-8,10-12,24H2,1,3H3. The summed E-state index contributed by atoms with van der Waals surface area (Å²) in [6, 6.07) is 21.8. The Hall–Kier alpha value is -2.97. The predicted molar refractivity (Wildman–Crippen MR) is 149 cm³/mol. The maximum absolute atomic E-state index is 14.9. The van der Waals surface area contributed by atoms with Crippen LogP contribution in [0, 0.1) is 5.82 Å². The lowest BCUT2D eigenvalue weighted by molar-refractivity contribution is 0.0566. The number of rotatable bonds is 14. The highest BCUT2D eigenvalue weighted by Gasteiger charge is 2.08. The molecule has 2 heteroatoms. The maximum Gasteiger partial charge on any atom is 0.131 e. The third-order valence-electron chi connectivity index (χ3n) is 6.30. The number of hydrogen-bond donors (Lipinski definition) is 0. The van der Waals surface area contributed by atoms with Gasteiger partial charge in [-0.05, 0) is 72.9 Å². The van der Waals surface area contributed by atoms with E-state index in [9.17, 15) is 4.39 Å². The van der Waals surface area contributed by atoms with Crippen LogP contribution in [0.5, 0.6) is 0 Å². The molecule has 0 N–H and O–H groups in total. The Morgan fingerprint density at radius 2 is 1.60 bits per heavy atom. The van der Waals surface area contributed by atoms with Crippen molar-refractivity contribution >= 4 is 6.08 Å². The van der Waals surface area contributed by atoms with Crippen molar-refractivity contribution in [3.63, 3.8) is 0 Å². The van der Waals surface area contributed by atoms with Crippen molar-refractivity contribution in [2.45, 2.75) is 64.9 Å². The van der Waals surface area contributed by atoms with Crippen molar-refractivity contribution in [2.75, 3.05) is 6.61 Å². The fourth-order valence-corrected chi connectivity index (χ4v) is 4.17. The van der Waals surface area contributed by atoms with Crippen molar-refractivity contribution in [1.82, 2.24) is 0 Å². The molecule has 0 saturated carbocycles. The summed E-state index contributed by atoms with van der Waals surface area (Å²) in [7, 11) is 0. The van der Waals surface area contributed by atoms with Crippen LogP contribution in [0.4, 0.5) is 4.39 Å². The summed E-state index contributed by atoms with van der Waals surface area (Å²) in [5.41, 5.74) is 5.76. The van der Waals surface area contributed by atoms with Crippen LogP contribution < -0.4 is 0 Å². The number of ether oxygens (including phenoxy) is 1. The van der Waals surface area contributed by atoms with Gasteiger partial charge in [-0.1, -0.05) is 98.7 Å². The van der Waals surface area contributed by atoms with Crippen LogP contribution in [0.25, 0.3) is 28.3 Å². The average Bonchev–Trinajstić information content (AvgIpc) is 2.87. The van der Waals surface area contributed by atoms with Gasteiger partial charge in [-0.3, -0.25) is 0 Å². The third kappa shape index (κ3) is 8.64. The third-order valence-corrected chi connectivity index (χ3v) is 6.30. The molecular weight excluding hydrogens is 431 g/mol. The molecule has 0 heterocycles. The minimum Gasteiger partial charge on any atom is -0.379 e. The Morgan fingerprint density at radius 1 is 0.886 bits per heavy atom. The molecule has 35 heavy (non-hydrogen) atoms. The fraction of sp³-hybridized carbons (Fsp3) is 0.333. The molecule has 1 atom stereocenters. The van der Waals surface area contributed by atoms with E-state index in [1.165, 1.54) is 18.4 Å². The fourth-order valence-electron chi connectivity index (χ4n) is 4.17. The van der Waals surface area contributed by atoms with Gasteiger partial charge in [0.25, 0.3) is 0 Å². The van der Waals surface area contributed by atoms with Gasteiger partial charge in [0.2, 0.25) is 0 Å². The van der Waals surface area contributed by atoms with Gasteiger partial charge in [-0.2, -0.15) is 0 Å². The number of allylic oxidation sites excluding steroid dienone is 2. The number of hydrogen-bond acceptors (Lipinski definition) is 1. The van der Waals surface area contributed by atoms with Crippen molar-refractivity contribution in [3.05, 3.63) is 102 Å². The molecule has 3 aromatic rings. The van der Waals surface area contributed by atoms with E-state index in [0.717, 1.165) is 61.0 Å². The van der Waals surface area contributed by atoms with Crippen molar-refractivity contribution < 1.29 is 9.13 Å². The number of halogens is 1. The highest BCUT2D eigenvalue weighted by Crippen LogP contribution is 2.28. The molecule has 1 nitrogen and oxygen atoms in total. The maximum atomic E-state index is 14.9. The van der Waals surface area contributed by atoms with Crippen molar-refractivity contribution in [3.8, 4) is 22.3 Å². The lowest BCUT2D eigenvalue weighted by Gasteiger charge is -2.12. The number of unbranched alkanes of at least 4 members (excludes halogenated alkanes) is 3. The van der Waals surface area contributed by atoms with Crippen molar-refractivity contribution in [1.29, 1.82) is 0 Å². The van der Waals surface area contributed by atoms with E-state index in [1.807, 2.05) is 42.5 Å². The van der Waals surface area contributed by atoms with Gasteiger partial charge in [0.1, 0.15) is 5.82 Å². The normalized spacial score (nSPS) is 12.2. The van der Waals surface area contributed by atoms with Gasteiger partial charge < -0.3 is 4.74 Å². The summed E-state index contributed by atoms with van der Waals surface area (Å²) in [5.74, 6) is -0.202. The van der Waals surface area contributed by atoms with Crippen LogP contribution in [-0.4, -0.2) is 12.7 Å². The molecule has 0 fully saturated rings. The first kappa shape index (κ1) is 26.6. The molecule has 0 aliphatic rings. The molecule has 0 aliphatic carbocycles. The minimum atomic E-state index is -0.202. The van der Waals surface area contributed by atoms with Crippen LogP contribution in [0.1, 0.15) is 63.5 Å². The lowest BCUT2D eigenvalue weighted by atomic mass is 9.98. The summed E-state index contributed by atoms with van der Waals surface area (Å²) in [4.78, 5) is 0. The zero-order chi connectivity index (χ0) is 24.9. The van der Waals surface area contributed by atoms with E-state index in [4.69, 9.17) is 4.74 Å². The second kappa shape index (κ2) is 14.4. The van der Waals surface area contributed by atoms with Crippen LogP contribution in [0.3, 0.4) is 0 Å². The van der Waals surface area contributed by atoms with Crippen LogP contribution >= 0.6 is 0 Å². The summed E-state index contributed by atoms with van der Waals surface area (Å²) in [6.45, 7) is 9.03. The smallest absolute Gasteiger partial charge is 0.131 e. The van der Waals surface area contributed by atoms with Gasteiger partial charge in [0.15, 0.2) is 0 Å². The Morgan fingerprint density at radius 3 is 2.29 bits per heavy atom. The first-order chi connectivity index (χ1) is 17.1. The summed E-state index contributed by atoms with van der Waals surface area (Å²) in [6.07, 6.45) is 14.3. The molecule has 0 saturated heterocycles. The van der Waals surface area contributed by atoms with Gasteiger partial charge >= 0.3 is 0 Å². The molecular formula is C33H39FO. The van der Waals surface area contributed by atoms with E-state index in [1.54, 1.807) is 6.07 Å². The highest BCUT2D eigenvalue weighted by atomic mass is 19.1. The molecule has 0 amide bonds. The second-order valence-corrected chi connectivity index (χ2v) is 9.23. The quantitative estimate of drug-likeness (QED) is 0.168. The van der Waals surface area contributed by atoms with Gasteiger partial charge in [0, 0.05) is 12.2 Å². The Kier molecular flexibility index (Phi) is 11.0. The van der Waals surface area contributed by atoms with E-state index in [2.05, 4.69) is 56.8 Å². The van der Waals surface area contributed by atoms with E-state index < -0.39 is 0 Å². The topological polar surface area (TPSA) is 9.23 Å². The van der Waals surface area contributed by atoms with Crippen LogP contribution in [0.2, 0.25) is 0 Å². The summed E-state index contributed by atoms with van der Waals surface area (Å²) >= 11 is 0. The first-order valence-electron chi connectivity index (χ1n) is 13.0. The van der Waals surface area contributed by atoms with Gasteiger partial charge in [0.05, 0.1) is 6.10 Å². The molecule has 184 valence electrons. The Balaban J connectivity index is 1.51. The zero-order valence-electron chi connectivity index (χ0n) is 21.3. The molecule has 0 radical (unpaired) electrons. The van der Waals surface area contributed by atoms with E-state index in [-0.39, 0.29) is 5.82 Å². The van der Waals surface area contributed by atoms with Gasteiger partial charge in [-0.15, -0.1) is 6.58 Å². The first-order valence-corrected chi connectivity index (χ1v) is 13.0. The molecule has 1 unspecified atom stereocenters. The SMILES string of the molecule is C=CCc1ccc(-c2ccc(-c3ccc(C=CCCCC(C)OCCCCC)cc3)cc2F)cc1. The van der Waals surface area contributed by atoms with Crippen molar-refractivity contribution in [2.24, 2.45) is 0 Å². The summed E-state index contributed by atoms with van der Waals surface area (Å²) < 4.78 is 20.8. The lowest BCUT2D eigenvalue weighted by Crippen LogP contribution is -2.08. The molecule has 0 aromatic heterocycles. The molecule has 0 aliphatic heterocycles. The molecule has 0 spiro atoms. The molecule has 3 aromatic carbocycles. The highest BCUT2D eigenvalue weighted by molar-refractivity contribution is 5.72. The van der Waals surface area contributed by atoms with Crippen LogP contribution in [0.15, 0.2) is 85.5 Å². The molecule has 0 bridgehead atoms. The Labute approximate surface area is 211 Å². The van der Waals surface area contributed by atoms with E-state index >= 15 is 0 Å². The summed E-state index contributed by atoms with van der Waals surface area (Å²) in [5, 5.41) is 0. The number of benzene rings is 3. The van der Waals surface area contributed by atoms with E-state index in [0.29, 0.717) is 11.7 Å². The Bertz CT molecular complexity index is 1060. The second-order valence-electron chi connectivity index (χ2n) is 9.23.